The van der Waals surface area contributed by atoms with Crippen LogP contribution in [0, 0.1) is 0 Å². The molecule has 1 fully saturated rings. The Morgan fingerprint density at radius 2 is 2.00 bits per heavy atom. The maximum atomic E-state index is 10.9. The summed E-state index contributed by atoms with van der Waals surface area (Å²) in [6, 6.07) is -1.95. The number of nitrogens with one attached hydrogen (secondary N) is 1. The summed E-state index contributed by atoms with van der Waals surface area (Å²) in [5, 5.41) is 29.3. The molecule has 1 saturated heterocycles. The number of aliphatic hydroxyl groups excluding tert-OH is 3. The average molecular weight is 176 g/mol. The van der Waals surface area contributed by atoms with Crippen LogP contribution < -0.4 is 11.1 Å². The predicted molar refractivity (Wildman–Crippen MR) is 39.0 cm³/mol. The summed E-state index contributed by atoms with van der Waals surface area (Å²) < 4.78 is 0. The molecule has 6 nitrogen and oxygen atoms in total. The smallest absolute Gasteiger partial charge is 0.240 e. The third kappa shape index (κ3) is 1.42. The number of hydrogen-bond donors (Lipinski definition) is 5. The molecule has 6 N–H and O–H groups in total. The van der Waals surface area contributed by atoms with Crippen LogP contribution in [0.4, 0.5) is 0 Å². The van der Waals surface area contributed by atoms with Crippen LogP contribution in [0.15, 0.2) is 0 Å². The molecule has 0 radical (unpaired) electrons. The molecule has 1 aliphatic rings. The zero-order valence-electron chi connectivity index (χ0n) is 6.34. The lowest BCUT2D eigenvalue weighted by Crippen LogP contribution is -2.66. The number of piperidine rings is 1. The minimum Gasteiger partial charge on any atom is -0.394 e. The lowest BCUT2D eigenvalue weighted by atomic mass is 9.95. The lowest BCUT2D eigenvalue weighted by Gasteiger charge is -2.34. The van der Waals surface area contributed by atoms with Gasteiger partial charge in [0, 0.05) is 0 Å². The molecule has 0 aromatic rings. The maximum Gasteiger partial charge on any atom is 0.240 e. The number of aliphatic hydroxyl groups is 3. The molecule has 0 aliphatic carbocycles. The van der Waals surface area contributed by atoms with Gasteiger partial charge in [-0.05, 0) is 0 Å². The van der Waals surface area contributed by atoms with Crippen molar-refractivity contribution >= 4 is 5.91 Å². The van der Waals surface area contributed by atoms with E-state index >= 15 is 0 Å². The van der Waals surface area contributed by atoms with Gasteiger partial charge in [-0.15, -0.1) is 0 Å². The van der Waals surface area contributed by atoms with E-state index in [1.54, 1.807) is 0 Å². The number of rotatable bonds is 1. The third-order valence-corrected chi connectivity index (χ3v) is 1.96. The summed E-state index contributed by atoms with van der Waals surface area (Å²) in [5.41, 5.74) is 5.23. The van der Waals surface area contributed by atoms with Gasteiger partial charge in [-0.1, -0.05) is 0 Å². The van der Waals surface area contributed by atoms with Gasteiger partial charge in [-0.3, -0.25) is 4.79 Å². The maximum absolute atomic E-state index is 10.9. The van der Waals surface area contributed by atoms with Gasteiger partial charge in [0.15, 0.2) is 0 Å². The SMILES string of the molecule is NC1C(=O)NC(CO)[C@@H](O)[C@@H]1O. The molecule has 0 bridgehead atoms. The van der Waals surface area contributed by atoms with Crippen LogP contribution in [0.5, 0.6) is 0 Å². The molecule has 1 rings (SSSR count). The molecular weight excluding hydrogens is 164 g/mol. The van der Waals surface area contributed by atoms with Gasteiger partial charge in [-0.2, -0.15) is 0 Å². The standard InChI is InChI=1S/C6H12N2O4/c7-3-5(11)4(10)2(1-9)8-6(3)12/h2-5,9-11H,1,7H2,(H,8,12)/t2?,3?,4-,5-/m1/s1. The summed E-state index contributed by atoms with van der Waals surface area (Å²) >= 11 is 0. The molecule has 12 heavy (non-hydrogen) atoms. The second-order valence-electron chi connectivity index (χ2n) is 2.80. The van der Waals surface area contributed by atoms with Crippen molar-refractivity contribution in [2.75, 3.05) is 6.61 Å². The topological polar surface area (TPSA) is 116 Å². The number of carbonyl (C=O) groups excluding carboxylic acids is 1. The Labute approximate surface area is 69.0 Å². The van der Waals surface area contributed by atoms with Gasteiger partial charge in [0.05, 0.1) is 12.6 Å². The summed E-state index contributed by atoms with van der Waals surface area (Å²) in [6.45, 7) is -0.420. The normalized spacial score (nSPS) is 42.5. The van der Waals surface area contributed by atoms with Gasteiger partial charge >= 0.3 is 0 Å². The lowest BCUT2D eigenvalue weighted by molar-refractivity contribution is -0.137. The van der Waals surface area contributed by atoms with Crippen molar-refractivity contribution in [3.8, 4) is 0 Å². The molecule has 1 amide bonds. The predicted octanol–water partition coefficient (Wildman–Crippen LogP) is -3.47. The first kappa shape index (κ1) is 9.40. The van der Waals surface area contributed by atoms with Crippen LogP contribution in [-0.2, 0) is 4.79 Å². The Hall–Kier alpha value is -0.690. The summed E-state index contributed by atoms with van der Waals surface area (Å²) in [4.78, 5) is 10.9. The summed E-state index contributed by atoms with van der Waals surface area (Å²) in [6.07, 6.45) is -2.52. The van der Waals surface area contributed by atoms with Crippen LogP contribution >= 0.6 is 0 Å². The van der Waals surface area contributed by atoms with Crippen molar-refractivity contribution in [2.45, 2.75) is 24.3 Å². The Morgan fingerprint density at radius 3 is 2.50 bits per heavy atom. The van der Waals surface area contributed by atoms with Crippen molar-refractivity contribution in [2.24, 2.45) is 5.73 Å². The van der Waals surface area contributed by atoms with E-state index in [0.29, 0.717) is 0 Å². The molecule has 1 heterocycles. The van der Waals surface area contributed by atoms with Gasteiger partial charge in [0.25, 0.3) is 0 Å². The van der Waals surface area contributed by atoms with Crippen LogP contribution in [0.25, 0.3) is 0 Å². The molecule has 6 heteroatoms. The van der Waals surface area contributed by atoms with E-state index in [2.05, 4.69) is 5.32 Å². The highest BCUT2D eigenvalue weighted by Gasteiger charge is 2.39. The van der Waals surface area contributed by atoms with E-state index in [1.807, 2.05) is 0 Å². The quantitative estimate of drug-likeness (QED) is 0.284. The first-order valence-corrected chi connectivity index (χ1v) is 3.61. The molecule has 0 aromatic heterocycles. The Kier molecular flexibility index (Phi) is 2.63. The van der Waals surface area contributed by atoms with E-state index in [4.69, 9.17) is 10.8 Å². The largest absolute Gasteiger partial charge is 0.394 e. The minimum atomic E-state index is -1.31. The first-order chi connectivity index (χ1) is 5.57. The van der Waals surface area contributed by atoms with E-state index in [-0.39, 0.29) is 0 Å². The van der Waals surface area contributed by atoms with Gasteiger partial charge < -0.3 is 26.4 Å². The van der Waals surface area contributed by atoms with E-state index in [9.17, 15) is 15.0 Å². The molecular formula is C6H12N2O4. The monoisotopic (exact) mass is 176 g/mol. The van der Waals surface area contributed by atoms with Gasteiger partial charge in [0.1, 0.15) is 18.2 Å². The molecule has 1 aliphatic heterocycles. The fourth-order valence-electron chi connectivity index (χ4n) is 1.12. The Balaban J connectivity index is 2.70. The van der Waals surface area contributed by atoms with Gasteiger partial charge in [-0.25, -0.2) is 0 Å². The number of amides is 1. The molecule has 0 spiro atoms. The Morgan fingerprint density at radius 1 is 1.42 bits per heavy atom. The second kappa shape index (κ2) is 3.36. The van der Waals surface area contributed by atoms with E-state index in [0.717, 1.165) is 0 Å². The number of nitrogens with two attached hydrogens (primary N) is 1. The molecule has 2 unspecified atom stereocenters. The molecule has 4 atom stereocenters. The zero-order chi connectivity index (χ0) is 9.30. The zero-order valence-corrected chi connectivity index (χ0v) is 6.34. The van der Waals surface area contributed by atoms with Crippen LogP contribution in [0.1, 0.15) is 0 Å². The summed E-state index contributed by atoms with van der Waals surface area (Å²) in [7, 11) is 0. The first-order valence-electron chi connectivity index (χ1n) is 3.61. The molecule has 70 valence electrons. The molecule has 0 aromatic carbocycles. The van der Waals surface area contributed by atoms with Crippen LogP contribution in [-0.4, -0.2) is 52.1 Å². The summed E-state index contributed by atoms with van der Waals surface area (Å²) in [5.74, 6) is -0.563. The van der Waals surface area contributed by atoms with Crippen molar-refractivity contribution in [3.63, 3.8) is 0 Å². The second-order valence-corrected chi connectivity index (χ2v) is 2.80. The van der Waals surface area contributed by atoms with Crippen molar-refractivity contribution in [3.05, 3.63) is 0 Å². The minimum absolute atomic E-state index is 0.420. The number of hydrogen-bond acceptors (Lipinski definition) is 5. The fraction of sp³-hybridized carbons (Fsp3) is 0.833. The van der Waals surface area contributed by atoms with Crippen molar-refractivity contribution < 1.29 is 20.1 Å². The van der Waals surface area contributed by atoms with Crippen LogP contribution in [0.2, 0.25) is 0 Å². The van der Waals surface area contributed by atoms with Gasteiger partial charge in [0.2, 0.25) is 5.91 Å². The fourth-order valence-corrected chi connectivity index (χ4v) is 1.12. The molecule has 0 saturated carbocycles. The highest BCUT2D eigenvalue weighted by Crippen LogP contribution is 2.09. The van der Waals surface area contributed by atoms with Crippen LogP contribution in [0.3, 0.4) is 0 Å². The highest BCUT2D eigenvalue weighted by molar-refractivity contribution is 5.83. The van der Waals surface area contributed by atoms with Crippen molar-refractivity contribution in [1.29, 1.82) is 0 Å². The average Bonchev–Trinajstić information content (AvgIpc) is 2.08. The highest BCUT2D eigenvalue weighted by atomic mass is 16.3. The Bertz CT molecular complexity index is 184. The number of carbonyl (C=O) groups is 1. The van der Waals surface area contributed by atoms with E-state index < -0.39 is 36.8 Å². The third-order valence-electron chi connectivity index (χ3n) is 1.96. The van der Waals surface area contributed by atoms with E-state index in [1.165, 1.54) is 0 Å². The van der Waals surface area contributed by atoms with Crippen molar-refractivity contribution in [1.82, 2.24) is 5.32 Å².